The van der Waals surface area contributed by atoms with E-state index in [9.17, 15) is 18.0 Å². The number of alkyl halides is 3. The van der Waals surface area contributed by atoms with Crippen LogP contribution >= 0.6 is 24.0 Å². The molecule has 4 aromatic rings. The molecule has 1 aliphatic heterocycles. The number of amidine groups is 1. The molecule has 0 atom stereocenters. The van der Waals surface area contributed by atoms with Gasteiger partial charge in [-0.25, -0.2) is 9.67 Å². The summed E-state index contributed by atoms with van der Waals surface area (Å²) in [6.45, 7) is 6.40. The van der Waals surface area contributed by atoms with Crippen LogP contribution in [0.1, 0.15) is 36.5 Å². The fourth-order valence-corrected chi connectivity index (χ4v) is 5.55. The van der Waals surface area contributed by atoms with E-state index in [1.54, 1.807) is 4.90 Å². The minimum Gasteiger partial charge on any atom is -0.406 e. The van der Waals surface area contributed by atoms with Crippen molar-refractivity contribution in [1.82, 2.24) is 20.1 Å². The van der Waals surface area contributed by atoms with Gasteiger partial charge in [0.25, 0.3) is 0 Å². The average Bonchev–Trinajstić information content (AvgIpc) is 3.62. The van der Waals surface area contributed by atoms with Gasteiger partial charge in [-0.1, -0.05) is 61.7 Å². The van der Waals surface area contributed by atoms with Gasteiger partial charge in [0.1, 0.15) is 12.1 Å². The highest BCUT2D eigenvalue weighted by Crippen LogP contribution is 2.34. The molecule has 3 aromatic carbocycles. The molecule has 13 heteroatoms. The van der Waals surface area contributed by atoms with Crippen molar-refractivity contribution in [3.8, 4) is 34.7 Å². The first kappa shape index (κ1) is 31.7. The zero-order chi connectivity index (χ0) is 32.1. The predicted octanol–water partition coefficient (Wildman–Crippen LogP) is 6.63. The summed E-state index contributed by atoms with van der Waals surface area (Å²) < 4.78 is 42.7. The van der Waals surface area contributed by atoms with Crippen LogP contribution in [0.5, 0.6) is 5.75 Å². The summed E-state index contributed by atoms with van der Waals surface area (Å²) in [5.41, 5.74) is 4.90. The third-order valence-corrected chi connectivity index (χ3v) is 7.68. The highest BCUT2D eigenvalue weighted by atomic mass is 32.2. The minimum absolute atomic E-state index is 0.0403. The van der Waals surface area contributed by atoms with Crippen molar-refractivity contribution in [2.45, 2.75) is 33.1 Å². The molecule has 0 unspecified atom stereocenters. The highest BCUT2D eigenvalue weighted by Gasteiger charge is 2.32. The molecule has 1 saturated heterocycles. The number of hydrogen-bond acceptors (Lipinski definition) is 6. The largest absolute Gasteiger partial charge is 0.573 e. The fraction of sp³-hybridized carbons (Fsp3) is 0.219. The van der Waals surface area contributed by atoms with Crippen LogP contribution in [-0.2, 0) is 4.79 Å². The van der Waals surface area contributed by atoms with Crippen molar-refractivity contribution in [3.63, 3.8) is 0 Å². The first-order valence-electron chi connectivity index (χ1n) is 13.8. The number of aromatic nitrogens is 3. The molecule has 0 aliphatic carbocycles. The number of ether oxygens (including phenoxy) is 1. The number of hydrogen-bond donors (Lipinski definition) is 1. The number of carbonyl (C=O) groups excluding carboxylic acids is 1. The second kappa shape index (κ2) is 13.5. The number of anilines is 1. The molecular weight excluding hydrogens is 622 g/mol. The number of nitrogens with one attached hydrogen (secondary N) is 1. The van der Waals surface area contributed by atoms with E-state index >= 15 is 0 Å². The topological polar surface area (TPSA) is 84.6 Å². The second-order valence-electron chi connectivity index (χ2n) is 10.2. The first-order chi connectivity index (χ1) is 21.5. The summed E-state index contributed by atoms with van der Waals surface area (Å²) >= 11 is 6.79. The van der Waals surface area contributed by atoms with E-state index in [0.717, 1.165) is 22.4 Å². The van der Waals surface area contributed by atoms with Gasteiger partial charge in [0.2, 0.25) is 5.91 Å². The van der Waals surface area contributed by atoms with Gasteiger partial charge < -0.3 is 10.1 Å². The average molecular weight is 649 g/mol. The van der Waals surface area contributed by atoms with E-state index in [4.69, 9.17) is 12.2 Å². The third-order valence-electron chi connectivity index (χ3n) is 6.52. The number of halogens is 3. The number of benzene rings is 3. The molecule has 5 rings (SSSR count). The number of thioether (sulfide) groups is 1. The molecule has 1 fully saturated rings. The summed E-state index contributed by atoms with van der Waals surface area (Å²) in [4.78, 5) is 23.3. The van der Waals surface area contributed by atoms with Crippen LogP contribution in [0.2, 0.25) is 0 Å². The number of carbonyl (C=O) groups is 1. The van der Waals surface area contributed by atoms with E-state index < -0.39 is 6.36 Å². The van der Waals surface area contributed by atoms with Crippen LogP contribution in [0.15, 0.2) is 78.0 Å². The summed E-state index contributed by atoms with van der Waals surface area (Å²) in [5.74, 6) is 6.69. The molecule has 0 saturated carbocycles. The summed E-state index contributed by atoms with van der Waals surface area (Å²) in [6, 6.07) is 18.7. The number of amides is 1. The Morgan fingerprint density at radius 1 is 1.16 bits per heavy atom. The normalized spacial score (nSPS) is 14.1. The lowest BCUT2D eigenvalue weighted by atomic mass is 9.99. The number of rotatable bonds is 6. The van der Waals surface area contributed by atoms with Crippen molar-refractivity contribution >= 4 is 45.9 Å². The van der Waals surface area contributed by atoms with E-state index in [1.165, 1.54) is 47.0 Å². The van der Waals surface area contributed by atoms with E-state index in [1.807, 2.05) is 49.4 Å². The third kappa shape index (κ3) is 8.09. The maximum Gasteiger partial charge on any atom is 0.573 e. The summed E-state index contributed by atoms with van der Waals surface area (Å²) in [6.07, 6.45) is -3.29. The van der Waals surface area contributed by atoms with Gasteiger partial charge in [0.15, 0.2) is 16.1 Å². The Hall–Kier alpha value is -4.67. The molecule has 230 valence electrons. The van der Waals surface area contributed by atoms with Crippen molar-refractivity contribution in [2.24, 2.45) is 4.99 Å². The summed E-state index contributed by atoms with van der Waals surface area (Å²) in [7, 11) is 0. The molecule has 2 heterocycles. The van der Waals surface area contributed by atoms with Gasteiger partial charge >= 0.3 is 6.36 Å². The number of nitrogens with zero attached hydrogens (tertiary/aromatic N) is 5. The molecule has 45 heavy (non-hydrogen) atoms. The molecule has 8 nitrogen and oxygen atoms in total. The molecule has 1 aromatic heterocycles. The summed E-state index contributed by atoms with van der Waals surface area (Å²) in [5, 5.41) is 8.22. The van der Waals surface area contributed by atoms with E-state index in [-0.39, 0.29) is 29.2 Å². The molecule has 0 spiro atoms. The second-order valence-corrected chi connectivity index (χ2v) is 11.6. The maximum atomic E-state index is 12.8. The lowest BCUT2D eigenvalue weighted by molar-refractivity contribution is -0.274. The Kier molecular flexibility index (Phi) is 9.55. The van der Waals surface area contributed by atoms with Crippen LogP contribution in [-0.4, -0.2) is 49.6 Å². The minimum atomic E-state index is -4.76. The molecule has 1 aliphatic rings. The highest BCUT2D eigenvalue weighted by molar-refractivity contribution is 8.15. The standard InChI is InChI=1S/C32H27F3N6O2S2/c1-20(2)26-14-9-21(3)16-27(26)41-28(42)18-45-31(41)38-30(44)36-15-5-7-22-6-4-8-23(17-22)29-37-19-40(39-29)24-10-12-25(13-11-24)43-32(33,34)35/h4,6,8-14,16-17,19-20H,15,18H2,1-3H3,(H,36,44)/b38-31-. The zero-order valence-corrected chi connectivity index (χ0v) is 26.1. The zero-order valence-electron chi connectivity index (χ0n) is 24.4. The molecule has 1 N–H and O–H groups in total. The SMILES string of the molecule is Cc1ccc(C(C)C)c(N2C(=O)CS/C2=N\C(=S)NCC#Cc2cccc(-c3ncn(-c4ccc(OC(F)(F)F)cc4)n3)c2)c1. The molecule has 1 amide bonds. The molecule has 0 bridgehead atoms. The monoisotopic (exact) mass is 648 g/mol. The fourth-order valence-electron chi connectivity index (χ4n) is 4.47. The van der Waals surface area contributed by atoms with Gasteiger partial charge in [-0.2, -0.15) is 4.99 Å². The van der Waals surface area contributed by atoms with Gasteiger partial charge in [-0.15, -0.1) is 18.3 Å². The van der Waals surface area contributed by atoms with E-state index in [2.05, 4.69) is 50.8 Å². The van der Waals surface area contributed by atoms with Crippen LogP contribution in [0.4, 0.5) is 18.9 Å². The van der Waals surface area contributed by atoms with Gasteiger partial charge in [-0.05, 0) is 78.7 Å². The van der Waals surface area contributed by atoms with Crippen molar-refractivity contribution in [3.05, 3.63) is 89.7 Å². The maximum absolute atomic E-state index is 12.8. The smallest absolute Gasteiger partial charge is 0.406 e. The lowest BCUT2D eigenvalue weighted by Gasteiger charge is -2.22. The lowest BCUT2D eigenvalue weighted by Crippen LogP contribution is -2.32. The van der Waals surface area contributed by atoms with E-state index in [0.29, 0.717) is 28.0 Å². The predicted molar refractivity (Wildman–Crippen MR) is 174 cm³/mol. The quantitative estimate of drug-likeness (QED) is 0.186. The van der Waals surface area contributed by atoms with Crippen molar-refractivity contribution in [2.75, 3.05) is 17.2 Å². The van der Waals surface area contributed by atoms with Gasteiger partial charge in [0, 0.05) is 11.1 Å². The van der Waals surface area contributed by atoms with Crippen molar-refractivity contribution in [1.29, 1.82) is 0 Å². The Labute approximate surface area is 267 Å². The number of aliphatic imine (C=N–C) groups is 1. The van der Waals surface area contributed by atoms with Crippen molar-refractivity contribution < 1.29 is 22.7 Å². The Bertz CT molecular complexity index is 1820. The number of aryl methyl sites for hydroxylation is 1. The van der Waals surface area contributed by atoms with Crippen LogP contribution in [0.3, 0.4) is 0 Å². The van der Waals surface area contributed by atoms with Gasteiger partial charge in [-0.3, -0.25) is 9.69 Å². The van der Waals surface area contributed by atoms with Crippen LogP contribution in [0.25, 0.3) is 17.1 Å². The van der Waals surface area contributed by atoms with Crippen LogP contribution in [0, 0.1) is 18.8 Å². The Balaban J connectivity index is 1.22. The first-order valence-corrected chi connectivity index (χ1v) is 15.2. The van der Waals surface area contributed by atoms with Gasteiger partial charge in [0.05, 0.1) is 23.7 Å². The van der Waals surface area contributed by atoms with Crippen LogP contribution < -0.4 is 15.0 Å². The molecule has 0 radical (unpaired) electrons. The Morgan fingerprint density at radius 2 is 1.93 bits per heavy atom. The Morgan fingerprint density at radius 3 is 2.67 bits per heavy atom. The molecular formula is C32H27F3N6O2S2. The number of thiocarbonyl (C=S) groups is 1.